The second-order valence-corrected chi connectivity index (χ2v) is 5.72. The number of amides is 2. The van der Waals surface area contributed by atoms with Crippen molar-refractivity contribution in [1.82, 2.24) is 10.2 Å². The van der Waals surface area contributed by atoms with E-state index in [1.165, 1.54) is 0 Å². The molecule has 0 saturated carbocycles. The zero-order valence-electron chi connectivity index (χ0n) is 14.8. The second-order valence-electron chi connectivity index (χ2n) is 5.72. The van der Waals surface area contributed by atoms with Crippen molar-refractivity contribution in [2.45, 2.75) is 13.8 Å². The van der Waals surface area contributed by atoms with Gasteiger partial charge in [-0.1, -0.05) is 6.92 Å². The van der Waals surface area contributed by atoms with E-state index >= 15 is 0 Å². The van der Waals surface area contributed by atoms with Crippen molar-refractivity contribution in [1.29, 1.82) is 0 Å². The van der Waals surface area contributed by atoms with Crippen LogP contribution in [-0.4, -0.2) is 56.6 Å². The summed E-state index contributed by atoms with van der Waals surface area (Å²) in [4.78, 5) is 26.1. The van der Waals surface area contributed by atoms with E-state index in [0.29, 0.717) is 43.5 Å². The van der Waals surface area contributed by atoms with E-state index in [0.717, 1.165) is 0 Å². The van der Waals surface area contributed by atoms with Crippen molar-refractivity contribution in [3.63, 3.8) is 0 Å². The third-order valence-corrected chi connectivity index (χ3v) is 3.79. The fourth-order valence-electron chi connectivity index (χ4n) is 2.55. The van der Waals surface area contributed by atoms with Gasteiger partial charge in [-0.3, -0.25) is 9.59 Å². The average molecular weight is 372 g/mol. The zero-order valence-corrected chi connectivity index (χ0v) is 15.6. The summed E-state index contributed by atoms with van der Waals surface area (Å²) in [6.07, 6.45) is 0. The minimum absolute atomic E-state index is 0. The molecule has 0 bridgehead atoms. The average Bonchev–Trinajstić information content (AvgIpc) is 2.59. The maximum absolute atomic E-state index is 12.3. The van der Waals surface area contributed by atoms with Crippen LogP contribution in [0, 0.1) is 5.92 Å². The van der Waals surface area contributed by atoms with Gasteiger partial charge in [0.05, 0.1) is 6.54 Å². The van der Waals surface area contributed by atoms with Crippen molar-refractivity contribution in [2.24, 2.45) is 5.92 Å². The molecule has 1 atom stereocenters. The maximum Gasteiger partial charge on any atom is 0.243 e. The number of hydrogen-bond donors (Lipinski definition) is 2. The molecule has 25 heavy (non-hydrogen) atoms. The predicted molar refractivity (Wildman–Crippen MR) is 98.7 cm³/mol. The second kappa shape index (κ2) is 10.1. The van der Waals surface area contributed by atoms with Crippen molar-refractivity contribution in [3.8, 4) is 11.5 Å². The van der Waals surface area contributed by atoms with Gasteiger partial charge in [-0.05, 0) is 26.1 Å². The van der Waals surface area contributed by atoms with Crippen LogP contribution in [0.5, 0.6) is 11.5 Å². The Morgan fingerprint density at radius 3 is 2.56 bits per heavy atom. The van der Waals surface area contributed by atoms with Gasteiger partial charge in [-0.25, -0.2) is 0 Å². The van der Waals surface area contributed by atoms with Crippen molar-refractivity contribution in [3.05, 3.63) is 18.2 Å². The van der Waals surface area contributed by atoms with Crippen LogP contribution in [0.2, 0.25) is 0 Å². The maximum atomic E-state index is 12.3. The minimum atomic E-state index is -0.237. The lowest BCUT2D eigenvalue weighted by Gasteiger charge is -2.24. The number of rotatable bonds is 7. The Balaban J connectivity index is 0.00000312. The summed E-state index contributed by atoms with van der Waals surface area (Å²) >= 11 is 0. The normalized spacial score (nSPS) is 13.4. The first-order valence-electron chi connectivity index (χ1n) is 8.18. The third-order valence-electron chi connectivity index (χ3n) is 3.79. The van der Waals surface area contributed by atoms with Gasteiger partial charge >= 0.3 is 0 Å². The Morgan fingerprint density at radius 1 is 1.24 bits per heavy atom. The quantitative estimate of drug-likeness (QED) is 0.759. The lowest BCUT2D eigenvalue weighted by atomic mass is 10.1. The molecule has 0 saturated heterocycles. The fourth-order valence-corrected chi connectivity index (χ4v) is 2.55. The summed E-state index contributed by atoms with van der Waals surface area (Å²) in [5, 5.41) is 5.77. The van der Waals surface area contributed by atoms with Crippen LogP contribution in [0.15, 0.2) is 18.2 Å². The molecule has 1 aromatic carbocycles. The summed E-state index contributed by atoms with van der Waals surface area (Å²) in [7, 11) is 1.80. The Labute approximate surface area is 154 Å². The van der Waals surface area contributed by atoms with E-state index in [4.69, 9.17) is 9.47 Å². The van der Waals surface area contributed by atoms with E-state index in [1.54, 1.807) is 30.1 Å². The van der Waals surface area contributed by atoms with Gasteiger partial charge in [0.25, 0.3) is 0 Å². The van der Waals surface area contributed by atoms with Crippen LogP contribution in [0.1, 0.15) is 13.8 Å². The first-order chi connectivity index (χ1) is 11.5. The molecule has 2 rings (SSSR count). The molecular weight excluding hydrogens is 346 g/mol. The number of halogens is 1. The molecule has 7 nitrogen and oxygen atoms in total. The lowest BCUT2D eigenvalue weighted by Crippen LogP contribution is -2.42. The molecule has 1 aromatic rings. The van der Waals surface area contributed by atoms with Gasteiger partial charge in [0.1, 0.15) is 13.2 Å². The summed E-state index contributed by atoms with van der Waals surface area (Å²) in [5.74, 6) is 0.843. The number of benzene rings is 1. The zero-order chi connectivity index (χ0) is 17.5. The molecule has 0 spiro atoms. The predicted octanol–water partition coefficient (Wildman–Crippen LogP) is 1.52. The molecule has 0 radical (unpaired) electrons. The Hall–Kier alpha value is -1.99. The molecular formula is C17H26ClN3O4. The van der Waals surface area contributed by atoms with Gasteiger partial charge in [0.2, 0.25) is 11.8 Å². The van der Waals surface area contributed by atoms with E-state index in [-0.39, 0.29) is 36.7 Å². The Bertz CT molecular complexity index is 597. The molecule has 2 N–H and O–H groups in total. The number of anilines is 1. The number of ether oxygens (including phenoxy) is 2. The summed E-state index contributed by atoms with van der Waals surface area (Å²) in [6, 6.07) is 5.25. The molecule has 2 amide bonds. The van der Waals surface area contributed by atoms with Crippen LogP contribution >= 0.6 is 12.4 Å². The molecule has 8 heteroatoms. The van der Waals surface area contributed by atoms with Crippen LogP contribution in [0.4, 0.5) is 5.69 Å². The summed E-state index contributed by atoms with van der Waals surface area (Å²) in [5.41, 5.74) is 0.621. The molecule has 0 aromatic heterocycles. The molecule has 0 fully saturated rings. The topological polar surface area (TPSA) is 79.9 Å². The van der Waals surface area contributed by atoms with Crippen LogP contribution in [0.25, 0.3) is 0 Å². The number of hydrogen-bond acceptors (Lipinski definition) is 5. The number of fused-ring (bicyclic) bond motifs is 1. The molecule has 1 aliphatic rings. The largest absolute Gasteiger partial charge is 0.486 e. The number of carbonyl (C=O) groups excluding carboxylic acids is 2. The number of carbonyl (C=O) groups is 2. The monoisotopic (exact) mass is 371 g/mol. The van der Waals surface area contributed by atoms with E-state index in [1.807, 2.05) is 13.8 Å². The SMILES string of the molecule is CCN(CC(=O)Nc1ccc2c(c1)OCCO2)C(=O)C(C)CNC.Cl. The van der Waals surface area contributed by atoms with Crippen LogP contribution < -0.4 is 20.1 Å². The van der Waals surface area contributed by atoms with Gasteiger partial charge in [0.15, 0.2) is 11.5 Å². The molecule has 0 aliphatic carbocycles. The summed E-state index contributed by atoms with van der Waals surface area (Å²) < 4.78 is 10.9. The van der Waals surface area contributed by atoms with Gasteiger partial charge in [0, 0.05) is 30.8 Å². The smallest absolute Gasteiger partial charge is 0.243 e. The van der Waals surface area contributed by atoms with Crippen LogP contribution in [-0.2, 0) is 9.59 Å². The van der Waals surface area contributed by atoms with E-state index in [2.05, 4.69) is 10.6 Å². The molecule has 1 aliphatic heterocycles. The van der Waals surface area contributed by atoms with E-state index < -0.39 is 0 Å². The lowest BCUT2D eigenvalue weighted by molar-refractivity contribution is -0.137. The van der Waals surface area contributed by atoms with E-state index in [9.17, 15) is 9.59 Å². The highest BCUT2D eigenvalue weighted by Crippen LogP contribution is 2.32. The minimum Gasteiger partial charge on any atom is -0.486 e. The standard InChI is InChI=1S/C17H25N3O4.ClH/c1-4-20(17(22)12(2)10-18-3)11-16(21)19-13-5-6-14-15(9-13)24-8-7-23-14;/h5-6,9,12,18H,4,7-8,10-11H2,1-3H3,(H,19,21);1H. The Morgan fingerprint density at radius 2 is 1.92 bits per heavy atom. The van der Waals surface area contributed by atoms with Gasteiger partial charge in [-0.2, -0.15) is 0 Å². The third kappa shape index (κ3) is 5.79. The first-order valence-corrected chi connectivity index (χ1v) is 8.18. The molecule has 1 unspecified atom stereocenters. The number of likely N-dealkylation sites (N-methyl/N-ethyl adjacent to an activating group) is 1. The molecule has 1 heterocycles. The fraction of sp³-hybridized carbons (Fsp3) is 0.529. The highest BCUT2D eigenvalue weighted by Gasteiger charge is 2.21. The van der Waals surface area contributed by atoms with Crippen molar-refractivity contribution < 1.29 is 19.1 Å². The Kier molecular flexibility index (Phi) is 8.51. The highest BCUT2D eigenvalue weighted by atomic mass is 35.5. The van der Waals surface area contributed by atoms with Crippen molar-refractivity contribution >= 4 is 29.9 Å². The first kappa shape index (κ1) is 21.1. The molecule has 140 valence electrons. The van der Waals surface area contributed by atoms with Gasteiger partial charge in [-0.15, -0.1) is 12.4 Å². The number of nitrogens with one attached hydrogen (secondary N) is 2. The van der Waals surface area contributed by atoms with Crippen LogP contribution in [0.3, 0.4) is 0 Å². The number of nitrogens with zero attached hydrogens (tertiary/aromatic N) is 1. The summed E-state index contributed by atoms with van der Waals surface area (Å²) in [6.45, 7) is 5.82. The van der Waals surface area contributed by atoms with Gasteiger partial charge < -0.3 is 25.0 Å². The highest BCUT2D eigenvalue weighted by molar-refractivity contribution is 5.95. The van der Waals surface area contributed by atoms with Crippen molar-refractivity contribution in [2.75, 3.05) is 45.2 Å².